The van der Waals surface area contributed by atoms with Crippen molar-refractivity contribution in [3.63, 3.8) is 0 Å². The van der Waals surface area contributed by atoms with E-state index in [-0.39, 0.29) is 5.91 Å². The van der Waals surface area contributed by atoms with Gasteiger partial charge in [-0.1, -0.05) is 18.2 Å². The number of benzene rings is 1. The van der Waals surface area contributed by atoms with Gasteiger partial charge in [-0.3, -0.25) is 4.79 Å². The number of hydrogen-bond donors (Lipinski definition) is 2. The van der Waals surface area contributed by atoms with E-state index in [2.05, 4.69) is 25.7 Å². The van der Waals surface area contributed by atoms with Gasteiger partial charge in [0.05, 0.1) is 5.69 Å². The summed E-state index contributed by atoms with van der Waals surface area (Å²) < 4.78 is 1.67. The first-order valence-electron chi connectivity index (χ1n) is 6.62. The summed E-state index contributed by atoms with van der Waals surface area (Å²) >= 11 is 1.40. The first-order chi connectivity index (χ1) is 10.8. The van der Waals surface area contributed by atoms with Crippen molar-refractivity contribution in [2.45, 2.75) is 6.54 Å². The van der Waals surface area contributed by atoms with Crippen molar-refractivity contribution in [3.8, 4) is 5.69 Å². The fourth-order valence-corrected chi connectivity index (χ4v) is 2.63. The number of aromatic nitrogens is 4. The zero-order chi connectivity index (χ0) is 15.4. The Hall–Kier alpha value is -2.74. The molecule has 0 bridgehead atoms. The van der Waals surface area contributed by atoms with E-state index in [9.17, 15) is 4.79 Å². The lowest BCUT2D eigenvalue weighted by molar-refractivity contribution is 0.0946. The van der Waals surface area contributed by atoms with Crippen LogP contribution in [0.3, 0.4) is 0 Å². The molecule has 0 spiro atoms. The first kappa shape index (κ1) is 14.2. The third kappa shape index (κ3) is 2.96. The van der Waals surface area contributed by atoms with Crippen molar-refractivity contribution in [3.05, 3.63) is 53.6 Å². The highest BCUT2D eigenvalue weighted by Gasteiger charge is 2.11. The van der Waals surface area contributed by atoms with Gasteiger partial charge in [0.2, 0.25) is 0 Å². The van der Waals surface area contributed by atoms with Crippen molar-refractivity contribution < 1.29 is 4.79 Å². The van der Waals surface area contributed by atoms with Gasteiger partial charge in [-0.05, 0) is 11.6 Å². The minimum Gasteiger partial charge on any atom is -0.365 e. The number of carbonyl (C=O) groups is 1. The third-order valence-corrected chi connectivity index (χ3v) is 3.91. The smallest absolute Gasteiger partial charge is 0.271 e. The van der Waals surface area contributed by atoms with Gasteiger partial charge in [0.15, 0.2) is 5.13 Å². The zero-order valence-electron chi connectivity index (χ0n) is 11.9. The Morgan fingerprint density at radius 1 is 1.36 bits per heavy atom. The van der Waals surface area contributed by atoms with Crippen molar-refractivity contribution in [2.24, 2.45) is 0 Å². The summed E-state index contributed by atoms with van der Waals surface area (Å²) in [5, 5.41) is 12.3. The van der Waals surface area contributed by atoms with Crippen LogP contribution in [0, 0.1) is 0 Å². The maximum absolute atomic E-state index is 12.1. The predicted octanol–water partition coefficient (Wildman–Crippen LogP) is 1.70. The molecule has 0 aliphatic carbocycles. The van der Waals surface area contributed by atoms with Crippen LogP contribution in [-0.4, -0.2) is 32.7 Å². The Morgan fingerprint density at radius 2 is 2.23 bits per heavy atom. The second-order valence-corrected chi connectivity index (χ2v) is 5.30. The molecule has 0 atom stereocenters. The second kappa shape index (κ2) is 6.35. The summed E-state index contributed by atoms with van der Waals surface area (Å²) in [5.74, 6) is -0.203. The van der Waals surface area contributed by atoms with Gasteiger partial charge in [0.25, 0.3) is 5.91 Å². The molecule has 1 amide bonds. The molecule has 0 saturated carbocycles. The molecule has 7 nitrogen and oxygen atoms in total. The summed E-state index contributed by atoms with van der Waals surface area (Å²) in [6, 6.07) is 7.71. The second-order valence-electron chi connectivity index (χ2n) is 4.44. The summed E-state index contributed by atoms with van der Waals surface area (Å²) in [6.07, 6.45) is 3.10. The van der Waals surface area contributed by atoms with Gasteiger partial charge in [-0.25, -0.2) is 14.6 Å². The molecule has 0 aliphatic rings. The number of para-hydroxylation sites is 1. The average Bonchev–Trinajstić information content (AvgIpc) is 3.24. The fourth-order valence-electron chi connectivity index (χ4n) is 1.98. The molecule has 0 fully saturated rings. The molecule has 3 rings (SSSR count). The Bertz CT molecular complexity index is 767. The molecule has 3 aromatic rings. The van der Waals surface area contributed by atoms with Crippen LogP contribution in [0.25, 0.3) is 5.69 Å². The van der Waals surface area contributed by atoms with Crippen LogP contribution in [0.2, 0.25) is 0 Å². The normalized spacial score (nSPS) is 10.4. The fraction of sp³-hybridized carbons (Fsp3) is 0.143. The van der Waals surface area contributed by atoms with Crippen LogP contribution in [0.1, 0.15) is 16.1 Å². The van der Waals surface area contributed by atoms with Crippen LogP contribution < -0.4 is 10.6 Å². The van der Waals surface area contributed by atoms with E-state index in [0.29, 0.717) is 17.4 Å². The lowest BCUT2D eigenvalue weighted by Gasteiger charge is -2.09. The maximum Gasteiger partial charge on any atom is 0.271 e. The lowest BCUT2D eigenvalue weighted by atomic mass is 10.2. The van der Waals surface area contributed by atoms with Crippen LogP contribution in [-0.2, 0) is 6.54 Å². The number of carbonyl (C=O) groups excluding carboxylic acids is 1. The van der Waals surface area contributed by atoms with Crippen LogP contribution >= 0.6 is 11.3 Å². The monoisotopic (exact) mass is 314 g/mol. The lowest BCUT2D eigenvalue weighted by Crippen LogP contribution is -2.23. The average molecular weight is 314 g/mol. The Morgan fingerprint density at radius 3 is 2.95 bits per heavy atom. The molecule has 0 unspecified atom stereocenters. The molecule has 2 heterocycles. The maximum atomic E-state index is 12.1. The first-order valence-corrected chi connectivity index (χ1v) is 7.50. The van der Waals surface area contributed by atoms with Crippen LogP contribution in [0.4, 0.5) is 5.13 Å². The van der Waals surface area contributed by atoms with Crippen LogP contribution in [0.15, 0.2) is 42.3 Å². The molecule has 22 heavy (non-hydrogen) atoms. The quantitative estimate of drug-likeness (QED) is 0.748. The van der Waals surface area contributed by atoms with Gasteiger partial charge in [-0.2, -0.15) is 5.10 Å². The van der Waals surface area contributed by atoms with Crippen molar-refractivity contribution in [1.29, 1.82) is 0 Å². The Kier molecular flexibility index (Phi) is 4.10. The van der Waals surface area contributed by atoms with E-state index in [1.807, 2.05) is 24.3 Å². The molecule has 0 saturated heterocycles. The standard InChI is InChI=1S/C14H14N6OS/c1-15-14-19-11(7-22-14)13(21)17-6-10-4-2-3-5-12(10)20-9-16-8-18-20/h2-5,7-9H,6H2,1H3,(H,15,19)(H,17,21). The topological polar surface area (TPSA) is 84.7 Å². The molecule has 0 radical (unpaired) electrons. The molecule has 2 N–H and O–H groups in total. The van der Waals surface area contributed by atoms with E-state index in [4.69, 9.17) is 0 Å². The van der Waals surface area contributed by atoms with Gasteiger partial charge < -0.3 is 10.6 Å². The molecular formula is C14H14N6OS. The van der Waals surface area contributed by atoms with E-state index < -0.39 is 0 Å². The van der Waals surface area contributed by atoms with Crippen molar-refractivity contribution in [2.75, 3.05) is 12.4 Å². The molecule has 2 aromatic heterocycles. The highest BCUT2D eigenvalue weighted by atomic mass is 32.1. The Labute approximate surface area is 131 Å². The molecular weight excluding hydrogens is 300 g/mol. The third-order valence-electron chi connectivity index (χ3n) is 3.05. The predicted molar refractivity (Wildman–Crippen MR) is 84.2 cm³/mol. The van der Waals surface area contributed by atoms with E-state index in [0.717, 1.165) is 11.3 Å². The van der Waals surface area contributed by atoms with Gasteiger partial charge in [0, 0.05) is 19.0 Å². The summed E-state index contributed by atoms with van der Waals surface area (Å²) in [7, 11) is 1.77. The molecule has 112 valence electrons. The number of hydrogen-bond acceptors (Lipinski definition) is 6. The number of amides is 1. The minimum atomic E-state index is -0.203. The van der Waals surface area contributed by atoms with Crippen molar-refractivity contribution in [1.82, 2.24) is 25.1 Å². The van der Waals surface area contributed by atoms with E-state index >= 15 is 0 Å². The number of nitrogens with zero attached hydrogens (tertiary/aromatic N) is 4. The number of rotatable bonds is 5. The molecule has 8 heteroatoms. The van der Waals surface area contributed by atoms with E-state index in [1.54, 1.807) is 23.4 Å². The largest absolute Gasteiger partial charge is 0.365 e. The summed E-state index contributed by atoms with van der Waals surface area (Å²) in [5.41, 5.74) is 2.24. The molecule has 1 aromatic carbocycles. The zero-order valence-corrected chi connectivity index (χ0v) is 12.7. The number of thiazole rings is 1. The van der Waals surface area contributed by atoms with Gasteiger partial charge >= 0.3 is 0 Å². The van der Waals surface area contributed by atoms with Crippen molar-refractivity contribution >= 4 is 22.4 Å². The minimum absolute atomic E-state index is 0.203. The van der Waals surface area contributed by atoms with E-state index in [1.165, 1.54) is 17.7 Å². The SMILES string of the molecule is CNc1nc(C(=O)NCc2ccccc2-n2cncn2)cs1. The summed E-state index contributed by atoms with van der Waals surface area (Å²) in [6.45, 7) is 0.390. The van der Waals surface area contributed by atoms with Crippen LogP contribution in [0.5, 0.6) is 0 Å². The summed E-state index contributed by atoms with van der Waals surface area (Å²) in [4.78, 5) is 20.2. The van der Waals surface area contributed by atoms with Gasteiger partial charge in [0.1, 0.15) is 18.3 Å². The number of nitrogens with one attached hydrogen (secondary N) is 2. The Balaban J connectivity index is 1.73. The highest BCUT2D eigenvalue weighted by molar-refractivity contribution is 7.13. The highest BCUT2D eigenvalue weighted by Crippen LogP contribution is 2.15. The van der Waals surface area contributed by atoms with Gasteiger partial charge in [-0.15, -0.1) is 11.3 Å². The molecule has 0 aliphatic heterocycles. The number of anilines is 1.